The molecule has 0 spiro atoms. The maximum Gasteiger partial charge on any atom is 0.264 e. The van der Waals surface area contributed by atoms with Gasteiger partial charge in [-0.25, -0.2) is 0 Å². The summed E-state index contributed by atoms with van der Waals surface area (Å²) in [6.07, 6.45) is -0.304. The van der Waals surface area contributed by atoms with Gasteiger partial charge in [-0.3, -0.25) is 9.59 Å². The maximum absolute atomic E-state index is 13.5. The van der Waals surface area contributed by atoms with E-state index in [0.717, 1.165) is 26.7 Å². The number of aryl methyl sites for hydroxylation is 3. The number of carbonyl (C=O) groups excluding carboxylic acids is 2. The van der Waals surface area contributed by atoms with E-state index in [9.17, 15) is 14.7 Å². The Hall–Kier alpha value is -2.76. The number of carbonyl (C=O) groups is 2. The molecule has 1 atom stereocenters. The van der Waals surface area contributed by atoms with Crippen LogP contribution >= 0.6 is 15.9 Å². The van der Waals surface area contributed by atoms with E-state index in [0.29, 0.717) is 23.4 Å². The van der Waals surface area contributed by atoms with Crippen LogP contribution in [-0.2, 0) is 16.9 Å². The Morgan fingerprint density at radius 2 is 1.65 bits per heavy atom. The van der Waals surface area contributed by atoms with Crippen LogP contribution in [0.5, 0.6) is 0 Å². The molecule has 1 heterocycles. The number of fused-ring (bicyclic) bond motifs is 1. The summed E-state index contributed by atoms with van der Waals surface area (Å²) < 4.78 is 0.744. The van der Waals surface area contributed by atoms with Crippen molar-refractivity contribution in [1.29, 1.82) is 0 Å². The molecule has 0 saturated carbocycles. The molecule has 3 aromatic rings. The van der Waals surface area contributed by atoms with Gasteiger partial charge in [0.05, 0.1) is 18.7 Å². The van der Waals surface area contributed by atoms with Crippen LogP contribution in [0.15, 0.2) is 65.1 Å². The maximum atomic E-state index is 13.5. The number of nitrogens with zero attached hydrogens (tertiary/aromatic N) is 1. The van der Waals surface area contributed by atoms with Gasteiger partial charge < -0.3 is 10.0 Å². The zero-order chi connectivity index (χ0) is 22.3. The number of halogens is 1. The zero-order valence-electron chi connectivity index (χ0n) is 17.8. The van der Waals surface area contributed by atoms with Crippen molar-refractivity contribution in [2.24, 2.45) is 0 Å². The summed E-state index contributed by atoms with van der Waals surface area (Å²) in [4.78, 5) is 28.1. The van der Waals surface area contributed by atoms with Gasteiger partial charge in [0.2, 0.25) is 0 Å². The topological polar surface area (TPSA) is 57.6 Å². The standard InChI is InChI=1S/C26H24BrNO3/c1-16-4-7-19(8-5-16)24(29)14-26(31)22-13-21(27)10-11-23(22)28(25(26)30)15-20-9-6-17(2)12-18(20)3/h4-13,31H,14-15H2,1-3H3. The van der Waals surface area contributed by atoms with Crippen LogP contribution in [0, 0.1) is 20.8 Å². The van der Waals surface area contributed by atoms with E-state index < -0.39 is 11.5 Å². The fourth-order valence-corrected chi connectivity index (χ4v) is 4.48. The second-order valence-corrected chi connectivity index (χ2v) is 9.22. The average molecular weight is 478 g/mol. The number of benzene rings is 3. The van der Waals surface area contributed by atoms with Gasteiger partial charge in [0.25, 0.3) is 5.91 Å². The normalized spacial score (nSPS) is 17.7. The van der Waals surface area contributed by atoms with E-state index in [1.165, 1.54) is 0 Å². The molecule has 1 N–H and O–H groups in total. The Morgan fingerprint density at radius 3 is 2.32 bits per heavy atom. The highest BCUT2D eigenvalue weighted by molar-refractivity contribution is 9.10. The molecule has 4 rings (SSSR count). The first-order valence-electron chi connectivity index (χ1n) is 10.2. The van der Waals surface area contributed by atoms with Crippen molar-refractivity contribution in [1.82, 2.24) is 0 Å². The highest BCUT2D eigenvalue weighted by Crippen LogP contribution is 2.45. The predicted octanol–water partition coefficient (Wildman–Crippen LogP) is 5.38. The first-order chi connectivity index (χ1) is 14.7. The number of amides is 1. The molecular weight excluding hydrogens is 454 g/mol. The molecule has 31 heavy (non-hydrogen) atoms. The smallest absolute Gasteiger partial charge is 0.264 e. The highest BCUT2D eigenvalue weighted by Gasteiger charge is 2.51. The summed E-state index contributed by atoms with van der Waals surface area (Å²) in [5, 5.41) is 11.6. The molecule has 1 amide bonds. The van der Waals surface area contributed by atoms with E-state index >= 15 is 0 Å². The van der Waals surface area contributed by atoms with Crippen LogP contribution < -0.4 is 4.90 Å². The van der Waals surface area contributed by atoms with Gasteiger partial charge in [0.15, 0.2) is 11.4 Å². The molecule has 4 nitrogen and oxygen atoms in total. The van der Waals surface area contributed by atoms with Gasteiger partial charge in [0.1, 0.15) is 0 Å². The second-order valence-electron chi connectivity index (χ2n) is 8.31. The zero-order valence-corrected chi connectivity index (χ0v) is 19.4. The predicted molar refractivity (Wildman–Crippen MR) is 125 cm³/mol. The minimum atomic E-state index is -1.90. The van der Waals surface area contributed by atoms with Crippen molar-refractivity contribution < 1.29 is 14.7 Å². The number of anilines is 1. The van der Waals surface area contributed by atoms with E-state index in [-0.39, 0.29) is 12.2 Å². The van der Waals surface area contributed by atoms with E-state index in [1.54, 1.807) is 23.1 Å². The number of Topliss-reactive ketones (excluding diaryl/α,β-unsaturated/α-hetero) is 1. The van der Waals surface area contributed by atoms with Gasteiger partial charge >= 0.3 is 0 Å². The molecule has 0 aliphatic carbocycles. The molecule has 1 aliphatic heterocycles. The lowest BCUT2D eigenvalue weighted by Gasteiger charge is -2.23. The van der Waals surface area contributed by atoms with Gasteiger partial charge in [-0.1, -0.05) is 69.5 Å². The van der Waals surface area contributed by atoms with Crippen LogP contribution in [0.4, 0.5) is 5.69 Å². The first kappa shape index (κ1) is 21.5. The Bertz CT molecular complexity index is 1190. The minimum Gasteiger partial charge on any atom is -0.375 e. The molecule has 1 aliphatic rings. The molecule has 158 valence electrons. The number of rotatable bonds is 5. The number of hydrogen-bond acceptors (Lipinski definition) is 3. The largest absolute Gasteiger partial charge is 0.375 e. The molecule has 0 bridgehead atoms. The molecule has 5 heteroatoms. The van der Waals surface area contributed by atoms with Crippen LogP contribution in [-0.4, -0.2) is 16.8 Å². The third-order valence-electron chi connectivity index (χ3n) is 5.91. The summed E-state index contributed by atoms with van der Waals surface area (Å²) in [7, 11) is 0. The lowest BCUT2D eigenvalue weighted by atomic mass is 9.88. The summed E-state index contributed by atoms with van der Waals surface area (Å²) >= 11 is 3.44. The van der Waals surface area contributed by atoms with Crippen molar-refractivity contribution in [2.45, 2.75) is 39.3 Å². The summed E-state index contributed by atoms with van der Waals surface area (Å²) in [6.45, 7) is 6.32. The number of ketones is 1. The van der Waals surface area contributed by atoms with Crippen LogP contribution in [0.1, 0.15) is 44.6 Å². The van der Waals surface area contributed by atoms with E-state index in [2.05, 4.69) is 22.0 Å². The molecular formula is C26H24BrNO3. The average Bonchev–Trinajstić information content (AvgIpc) is 2.92. The highest BCUT2D eigenvalue weighted by atomic mass is 79.9. The Morgan fingerprint density at radius 1 is 0.968 bits per heavy atom. The SMILES string of the molecule is Cc1ccc(C(=O)CC2(O)C(=O)N(Cc3ccc(C)cc3C)c3ccc(Br)cc32)cc1. The minimum absolute atomic E-state index is 0.268. The Balaban J connectivity index is 1.71. The lowest BCUT2D eigenvalue weighted by Crippen LogP contribution is -2.41. The Labute approximate surface area is 190 Å². The van der Waals surface area contributed by atoms with Crippen LogP contribution in [0.25, 0.3) is 0 Å². The molecule has 0 fully saturated rings. The summed E-state index contributed by atoms with van der Waals surface area (Å²) in [5.41, 5.74) is 3.94. The monoisotopic (exact) mass is 477 g/mol. The van der Waals surface area contributed by atoms with Gasteiger partial charge in [-0.15, -0.1) is 0 Å². The Kier molecular flexibility index (Phi) is 5.58. The number of aliphatic hydroxyl groups is 1. The van der Waals surface area contributed by atoms with Crippen molar-refractivity contribution in [3.63, 3.8) is 0 Å². The third kappa shape index (κ3) is 3.95. The molecule has 0 aromatic heterocycles. The van der Waals surface area contributed by atoms with Crippen LogP contribution in [0.3, 0.4) is 0 Å². The van der Waals surface area contributed by atoms with E-state index in [4.69, 9.17) is 0 Å². The van der Waals surface area contributed by atoms with Crippen molar-refractivity contribution in [3.05, 3.63) is 98.5 Å². The lowest BCUT2D eigenvalue weighted by molar-refractivity contribution is -0.136. The van der Waals surface area contributed by atoms with Crippen molar-refractivity contribution in [2.75, 3.05) is 4.90 Å². The fourth-order valence-electron chi connectivity index (χ4n) is 4.12. The fraction of sp³-hybridized carbons (Fsp3) is 0.231. The first-order valence-corrected chi connectivity index (χ1v) is 11.0. The van der Waals surface area contributed by atoms with Crippen LogP contribution in [0.2, 0.25) is 0 Å². The van der Waals surface area contributed by atoms with Gasteiger partial charge in [-0.2, -0.15) is 0 Å². The quantitative estimate of drug-likeness (QED) is 0.501. The summed E-state index contributed by atoms with van der Waals surface area (Å²) in [6, 6.07) is 18.7. The molecule has 0 saturated heterocycles. The number of hydrogen-bond donors (Lipinski definition) is 1. The van der Waals surface area contributed by atoms with Crippen molar-refractivity contribution in [3.8, 4) is 0 Å². The van der Waals surface area contributed by atoms with Crippen molar-refractivity contribution >= 4 is 33.3 Å². The second kappa shape index (κ2) is 8.06. The molecule has 1 unspecified atom stereocenters. The summed E-state index contributed by atoms with van der Waals surface area (Å²) in [5.74, 6) is -0.740. The van der Waals surface area contributed by atoms with Gasteiger partial charge in [-0.05, 0) is 50.1 Å². The van der Waals surface area contributed by atoms with E-state index in [1.807, 2.05) is 57.2 Å². The molecule has 0 radical (unpaired) electrons. The third-order valence-corrected chi connectivity index (χ3v) is 6.40. The molecule has 3 aromatic carbocycles. The van der Waals surface area contributed by atoms with Gasteiger partial charge in [0, 0.05) is 15.6 Å².